The van der Waals surface area contributed by atoms with Crippen molar-refractivity contribution >= 4 is 15.9 Å². The van der Waals surface area contributed by atoms with Crippen LogP contribution in [0.15, 0.2) is 4.47 Å². The second kappa shape index (κ2) is 6.04. The quantitative estimate of drug-likeness (QED) is 0.823. The summed E-state index contributed by atoms with van der Waals surface area (Å²) in [4.78, 5) is 0. The number of halogens is 1. The fraction of sp³-hybridized carbons (Fsp3) is 0.824. The van der Waals surface area contributed by atoms with E-state index in [-0.39, 0.29) is 5.54 Å². The molecular formula is C17H30BrN3. The third kappa shape index (κ3) is 4.10. The van der Waals surface area contributed by atoms with Gasteiger partial charge in [0.25, 0.3) is 0 Å². The lowest BCUT2D eigenvalue weighted by Gasteiger charge is -2.34. The highest BCUT2D eigenvalue weighted by Crippen LogP contribution is 2.48. The molecule has 3 nitrogen and oxygen atoms in total. The Balaban J connectivity index is 2.20. The van der Waals surface area contributed by atoms with Gasteiger partial charge in [-0.05, 0) is 81.1 Å². The highest BCUT2D eigenvalue weighted by atomic mass is 79.9. The molecule has 1 N–H and O–H groups in total. The molecule has 1 atom stereocenters. The Kier molecular flexibility index (Phi) is 4.89. The second-order valence-corrected chi connectivity index (χ2v) is 8.66. The van der Waals surface area contributed by atoms with Crippen LogP contribution in [0.5, 0.6) is 0 Å². The van der Waals surface area contributed by atoms with Crippen LogP contribution in [0.2, 0.25) is 0 Å². The highest BCUT2D eigenvalue weighted by molar-refractivity contribution is 9.10. The molecule has 0 radical (unpaired) electrons. The molecular weight excluding hydrogens is 326 g/mol. The molecule has 1 unspecified atom stereocenters. The summed E-state index contributed by atoms with van der Waals surface area (Å²) in [7, 11) is 0. The Bertz CT molecular complexity index is 497. The molecule has 0 bridgehead atoms. The molecule has 0 aromatic carbocycles. The molecule has 1 aromatic rings. The summed E-state index contributed by atoms with van der Waals surface area (Å²) < 4.78 is 3.36. The van der Waals surface area contributed by atoms with Gasteiger partial charge in [0.2, 0.25) is 0 Å². The SMILES string of the molecule is CCn1nc(C)c(Br)c1CC(C)(CNC(C)(C)C)C1CC1. The first kappa shape index (κ1) is 17.0. The Hall–Kier alpha value is -0.350. The lowest BCUT2D eigenvalue weighted by Crippen LogP contribution is -2.45. The Morgan fingerprint density at radius 2 is 1.90 bits per heavy atom. The summed E-state index contributed by atoms with van der Waals surface area (Å²) in [5, 5.41) is 8.37. The summed E-state index contributed by atoms with van der Waals surface area (Å²) in [6, 6.07) is 0. The molecule has 2 rings (SSSR count). The number of nitrogens with zero attached hydrogens (tertiary/aromatic N) is 2. The van der Waals surface area contributed by atoms with Crippen LogP contribution in [0.1, 0.15) is 58.8 Å². The molecule has 1 aliphatic rings. The van der Waals surface area contributed by atoms with Gasteiger partial charge in [0.05, 0.1) is 15.9 Å². The Morgan fingerprint density at radius 1 is 1.29 bits per heavy atom. The van der Waals surface area contributed by atoms with E-state index in [1.54, 1.807) is 0 Å². The minimum Gasteiger partial charge on any atom is -0.312 e. The third-order valence-corrected chi connectivity index (χ3v) is 5.64. The van der Waals surface area contributed by atoms with E-state index in [1.165, 1.54) is 23.0 Å². The van der Waals surface area contributed by atoms with E-state index in [4.69, 9.17) is 0 Å². The first-order chi connectivity index (χ1) is 9.66. The monoisotopic (exact) mass is 355 g/mol. The van der Waals surface area contributed by atoms with Crippen LogP contribution >= 0.6 is 15.9 Å². The largest absolute Gasteiger partial charge is 0.312 e. The zero-order valence-electron chi connectivity index (χ0n) is 14.4. The predicted octanol–water partition coefficient (Wildman–Crippen LogP) is 4.32. The first-order valence-electron chi connectivity index (χ1n) is 8.13. The van der Waals surface area contributed by atoms with Crippen LogP contribution in [-0.2, 0) is 13.0 Å². The molecule has 0 spiro atoms. The maximum atomic E-state index is 4.65. The lowest BCUT2D eigenvalue weighted by atomic mass is 9.79. The summed E-state index contributed by atoms with van der Waals surface area (Å²) in [5.41, 5.74) is 2.96. The molecule has 120 valence electrons. The van der Waals surface area contributed by atoms with Crippen molar-refractivity contribution in [1.82, 2.24) is 15.1 Å². The van der Waals surface area contributed by atoms with Crippen LogP contribution in [0.25, 0.3) is 0 Å². The summed E-state index contributed by atoms with van der Waals surface area (Å²) in [5.74, 6) is 0.847. The van der Waals surface area contributed by atoms with Crippen LogP contribution < -0.4 is 5.32 Å². The molecule has 4 heteroatoms. The van der Waals surface area contributed by atoms with Crippen LogP contribution in [0.4, 0.5) is 0 Å². The minimum atomic E-state index is 0.175. The molecule has 0 aliphatic heterocycles. The van der Waals surface area contributed by atoms with E-state index in [0.717, 1.165) is 31.1 Å². The fourth-order valence-electron chi connectivity index (χ4n) is 3.02. The van der Waals surface area contributed by atoms with Gasteiger partial charge in [0, 0.05) is 18.6 Å². The van der Waals surface area contributed by atoms with Gasteiger partial charge < -0.3 is 5.32 Å². The predicted molar refractivity (Wildman–Crippen MR) is 92.6 cm³/mol. The second-order valence-electron chi connectivity index (χ2n) is 7.87. The van der Waals surface area contributed by atoms with Crippen molar-refractivity contribution in [3.63, 3.8) is 0 Å². The Labute approximate surface area is 138 Å². The molecule has 1 fully saturated rings. The van der Waals surface area contributed by atoms with Gasteiger partial charge in [-0.2, -0.15) is 5.10 Å². The molecule has 0 amide bonds. The number of nitrogens with one attached hydrogen (secondary N) is 1. The number of hydrogen-bond donors (Lipinski definition) is 1. The van der Waals surface area contributed by atoms with Gasteiger partial charge in [-0.1, -0.05) is 6.92 Å². The van der Waals surface area contributed by atoms with E-state index in [1.807, 2.05) is 0 Å². The average Bonchev–Trinajstić information content (AvgIpc) is 3.20. The normalized spacial score (nSPS) is 18.8. The van der Waals surface area contributed by atoms with E-state index >= 15 is 0 Å². The van der Waals surface area contributed by atoms with Gasteiger partial charge in [0.15, 0.2) is 0 Å². The molecule has 1 aromatic heterocycles. The van der Waals surface area contributed by atoms with E-state index < -0.39 is 0 Å². The zero-order valence-corrected chi connectivity index (χ0v) is 16.0. The topological polar surface area (TPSA) is 29.9 Å². The minimum absolute atomic E-state index is 0.175. The van der Waals surface area contributed by atoms with Crippen molar-refractivity contribution in [3.8, 4) is 0 Å². The first-order valence-corrected chi connectivity index (χ1v) is 8.92. The number of aryl methyl sites for hydroxylation is 2. The van der Waals surface area contributed by atoms with Crippen molar-refractivity contribution in [2.45, 2.75) is 72.9 Å². The number of hydrogen-bond acceptors (Lipinski definition) is 2. The maximum Gasteiger partial charge on any atom is 0.0738 e. The van der Waals surface area contributed by atoms with Crippen molar-refractivity contribution in [2.24, 2.45) is 11.3 Å². The summed E-state index contributed by atoms with van der Waals surface area (Å²) >= 11 is 3.75. The van der Waals surface area contributed by atoms with Gasteiger partial charge in [-0.3, -0.25) is 4.68 Å². The smallest absolute Gasteiger partial charge is 0.0738 e. The number of aromatic nitrogens is 2. The summed E-state index contributed by atoms with van der Waals surface area (Å²) in [6.07, 6.45) is 3.84. The molecule has 0 saturated heterocycles. The zero-order chi connectivity index (χ0) is 15.8. The van der Waals surface area contributed by atoms with Gasteiger partial charge in [-0.25, -0.2) is 0 Å². The molecule has 1 aliphatic carbocycles. The molecule has 1 heterocycles. The van der Waals surface area contributed by atoms with Crippen LogP contribution in [0.3, 0.4) is 0 Å². The van der Waals surface area contributed by atoms with E-state index in [2.05, 4.69) is 72.6 Å². The Morgan fingerprint density at radius 3 is 2.38 bits per heavy atom. The van der Waals surface area contributed by atoms with Crippen molar-refractivity contribution in [2.75, 3.05) is 6.54 Å². The number of rotatable bonds is 6. The van der Waals surface area contributed by atoms with Gasteiger partial charge in [0.1, 0.15) is 0 Å². The molecule has 1 saturated carbocycles. The van der Waals surface area contributed by atoms with Crippen molar-refractivity contribution in [3.05, 3.63) is 15.9 Å². The standard InChI is InChI=1S/C17H30BrN3/c1-7-21-14(15(18)12(2)20-21)10-17(6,13-8-9-13)11-19-16(3,4)5/h13,19H,7-11H2,1-6H3. The van der Waals surface area contributed by atoms with E-state index in [9.17, 15) is 0 Å². The van der Waals surface area contributed by atoms with Crippen molar-refractivity contribution < 1.29 is 0 Å². The van der Waals surface area contributed by atoms with Crippen LogP contribution in [-0.4, -0.2) is 21.9 Å². The fourth-order valence-corrected chi connectivity index (χ4v) is 3.44. The lowest BCUT2D eigenvalue weighted by molar-refractivity contribution is 0.222. The average molecular weight is 356 g/mol. The van der Waals surface area contributed by atoms with Gasteiger partial charge in [-0.15, -0.1) is 0 Å². The van der Waals surface area contributed by atoms with E-state index in [0.29, 0.717) is 5.41 Å². The van der Waals surface area contributed by atoms with Gasteiger partial charge >= 0.3 is 0 Å². The highest BCUT2D eigenvalue weighted by Gasteiger charge is 2.42. The summed E-state index contributed by atoms with van der Waals surface area (Å²) in [6.45, 7) is 15.4. The van der Waals surface area contributed by atoms with Crippen molar-refractivity contribution in [1.29, 1.82) is 0 Å². The van der Waals surface area contributed by atoms with Crippen LogP contribution in [0, 0.1) is 18.3 Å². The molecule has 21 heavy (non-hydrogen) atoms. The third-order valence-electron chi connectivity index (χ3n) is 4.61. The maximum absolute atomic E-state index is 4.65.